The van der Waals surface area contributed by atoms with Gasteiger partial charge in [-0.25, -0.2) is 22.9 Å². The third-order valence-corrected chi connectivity index (χ3v) is 2.94. The van der Waals surface area contributed by atoms with E-state index in [1.807, 2.05) is 0 Å². The van der Waals surface area contributed by atoms with Gasteiger partial charge in [-0.2, -0.15) is 0 Å². The molecule has 1 aromatic rings. The van der Waals surface area contributed by atoms with Gasteiger partial charge in [0.25, 0.3) is 10.0 Å². The maximum absolute atomic E-state index is 11.5. The minimum Gasteiger partial charge on any atom is -0.493 e. The molecule has 0 bridgehead atoms. The number of aromatic nitrogens is 1. The van der Waals surface area contributed by atoms with Crippen LogP contribution in [0.1, 0.15) is 6.92 Å². The number of ether oxygens (including phenoxy) is 2. The summed E-state index contributed by atoms with van der Waals surface area (Å²) in [4.78, 5) is 14.9. The van der Waals surface area contributed by atoms with Crippen molar-refractivity contribution in [1.29, 1.82) is 0 Å². The van der Waals surface area contributed by atoms with E-state index < -0.39 is 22.0 Å². The van der Waals surface area contributed by atoms with Crippen LogP contribution < -0.4 is 14.8 Å². The van der Waals surface area contributed by atoms with E-state index in [-0.39, 0.29) is 12.4 Å². The molecule has 0 aliphatic heterocycles. The third-order valence-electron chi connectivity index (χ3n) is 1.93. The molecule has 2 N–H and O–H groups in total. The van der Waals surface area contributed by atoms with Crippen molar-refractivity contribution in [3.05, 3.63) is 18.3 Å². The maximum Gasteiger partial charge on any atom is 0.420 e. The standard InChI is InChI=1S/C10H15N3O5S/c1-3-18-10(14)13-19(15,16)7-12-9-8(17-2)5-4-6-11-9/h4-6H,3,7H2,1-2H3,(H,11,12)(H,13,14). The second-order valence-electron chi connectivity index (χ2n) is 3.31. The van der Waals surface area contributed by atoms with Gasteiger partial charge in [0.2, 0.25) is 0 Å². The number of carbonyl (C=O) groups excluding carboxylic acids is 1. The number of hydrogen-bond acceptors (Lipinski definition) is 7. The zero-order valence-corrected chi connectivity index (χ0v) is 11.4. The fourth-order valence-corrected chi connectivity index (χ4v) is 1.89. The van der Waals surface area contributed by atoms with E-state index in [4.69, 9.17) is 4.74 Å². The van der Waals surface area contributed by atoms with Gasteiger partial charge in [0.1, 0.15) is 5.88 Å². The molecule has 1 aromatic heterocycles. The first-order valence-electron chi connectivity index (χ1n) is 5.38. The number of nitrogens with zero attached hydrogens (tertiary/aromatic N) is 1. The third kappa shape index (κ3) is 5.00. The Morgan fingerprint density at radius 2 is 2.21 bits per heavy atom. The topological polar surface area (TPSA) is 107 Å². The number of sulfonamides is 1. The van der Waals surface area contributed by atoms with Crippen LogP contribution in [-0.2, 0) is 14.8 Å². The number of amides is 1. The highest BCUT2D eigenvalue weighted by atomic mass is 32.2. The van der Waals surface area contributed by atoms with Crippen LogP contribution in [0.4, 0.5) is 10.6 Å². The molecule has 0 aliphatic carbocycles. The summed E-state index contributed by atoms with van der Waals surface area (Å²) in [6, 6.07) is 3.27. The van der Waals surface area contributed by atoms with Gasteiger partial charge in [-0.15, -0.1) is 0 Å². The lowest BCUT2D eigenvalue weighted by atomic mass is 10.4. The van der Waals surface area contributed by atoms with E-state index >= 15 is 0 Å². The molecule has 0 saturated heterocycles. The fourth-order valence-electron chi connectivity index (χ4n) is 1.18. The molecular formula is C10H15N3O5S. The Labute approximate surface area is 111 Å². The van der Waals surface area contributed by atoms with Gasteiger partial charge in [0.15, 0.2) is 11.6 Å². The minimum atomic E-state index is -3.86. The number of pyridine rings is 1. The lowest BCUT2D eigenvalue weighted by Crippen LogP contribution is -2.35. The molecule has 0 unspecified atom stereocenters. The van der Waals surface area contributed by atoms with E-state index in [9.17, 15) is 13.2 Å². The van der Waals surface area contributed by atoms with Crippen LogP contribution >= 0.6 is 0 Å². The first-order valence-corrected chi connectivity index (χ1v) is 7.04. The van der Waals surface area contributed by atoms with Crippen LogP contribution in [0.2, 0.25) is 0 Å². The molecule has 0 aliphatic rings. The van der Waals surface area contributed by atoms with Crippen LogP contribution in [0.5, 0.6) is 5.75 Å². The number of nitrogens with one attached hydrogen (secondary N) is 2. The molecule has 106 valence electrons. The molecule has 0 aromatic carbocycles. The molecule has 1 heterocycles. The number of rotatable bonds is 6. The first kappa shape index (κ1) is 15.0. The van der Waals surface area contributed by atoms with Gasteiger partial charge in [0.05, 0.1) is 13.7 Å². The number of hydrogen-bond donors (Lipinski definition) is 2. The quantitative estimate of drug-likeness (QED) is 0.786. The van der Waals surface area contributed by atoms with Gasteiger partial charge < -0.3 is 14.8 Å². The SMILES string of the molecule is CCOC(=O)NS(=O)(=O)CNc1ncccc1OC. The molecule has 1 amide bonds. The zero-order valence-electron chi connectivity index (χ0n) is 10.5. The van der Waals surface area contributed by atoms with Crippen LogP contribution in [0.3, 0.4) is 0 Å². The monoisotopic (exact) mass is 289 g/mol. The summed E-state index contributed by atoms with van der Waals surface area (Å²) in [5, 5.41) is 2.56. The van der Waals surface area contributed by atoms with Crippen molar-refractivity contribution in [2.45, 2.75) is 6.92 Å². The Hall–Kier alpha value is -2.03. The summed E-state index contributed by atoms with van der Waals surface area (Å²) in [5.74, 6) is 0.132. The lowest BCUT2D eigenvalue weighted by molar-refractivity contribution is 0.158. The van der Waals surface area contributed by atoms with E-state index in [0.717, 1.165) is 0 Å². The van der Waals surface area contributed by atoms with Gasteiger partial charge in [-0.1, -0.05) is 0 Å². The largest absolute Gasteiger partial charge is 0.493 e. The molecule has 8 nitrogen and oxygen atoms in total. The van der Waals surface area contributed by atoms with Crippen molar-refractivity contribution in [2.75, 3.05) is 24.9 Å². The maximum atomic E-state index is 11.5. The summed E-state index contributed by atoms with van der Waals surface area (Å²) in [5.41, 5.74) is 0. The summed E-state index contributed by atoms with van der Waals surface area (Å²) >= 11 is 0. The summed E-state index contributed by atoms with van der Waals surface area (Å²) in [6.07, 6.45) is 0.466. The predicted molar refractivity (Wildman–Crippen MR) is 68.4 cm³/mol. The van der Waals surface area contributed by atoms with Crippen LogP contribution in [0.25, 0.3) is 0 Å². The molecule has 1 rings (SSSR count). The van der Waals surface area contributed by atoms with E-state index in [0.29, 0.717) is 5.75 Å². The second-order valence-corrected chi connectivity index (χ2v) is 5.03. The molecule has 0 spiro atoms. The fraction of sp³-hybridized carbons (Fsp3) is 0.400. The first-order chi connectivity index (χ1) is 8.98. The molecule has 0 fully saturated rings. The minimum absolute atomic E-state index is 0.0862. The Morgan fingerprint density at radius 3 is 2.84 bits per heavy atom. The van der Waals surface area contributed by atoms with E-state index in [1.54, 1.807) is 23.8 Å². The highest BCUT2D eigenvalue weighted by Gasteiger charge is 2.16. The van der Waals surface area contributed by atoms with Crippen molar-refractivity contribution in [1.82, 2.24) is 9.71 Å². The molecule has 0 radical (unpaired) electrons. The molecule has 0 saturated carbocycles. The zero-order chi connectivity index (χ0) is 14.3. The normalized spacial score (nSPS) is 10.6. The van der Waals surface area contributed by atoms with E-state index in [2.05, 4.69) is 15.0 Å². The predicted octanol–water partition coefficient (Wildman–Crippen LogP) is 0.535. The van der Waals surface area contributed by atoms with Crippen LogP contribution in [0.15, 0.2) is 18.3 Å². The van der Waals surface area contributed by atoms with Crippen molar-refractivity contribution >= 4 is 21.9 Å². The Bertz CT molecular complexity index is 532. The number of carbonyl (C=O) groups is 1. The van der Waals surface area contributed by atoms with Gasteiger partial charge in [0, 0.05) is 6.20 Å². The highest BCUT2D eigenvalue weighted by molar-refractivity contribution is 7.90. The van der Waals surface area contributed by atoms with Gasteiger partial charge >= 0.3 is 6.09 Å². The average molecular weight is 289 g/mol. The average Bonchev–Trinajstić information content (AvgIpc) is 2.36. The van der Waals surface area contributed by atoms with E-state index in [1.165, 1.54) is 13.3 Å². The summed E-state index contributed by atoms with van der Waals surface area (Å²) in [6.45, 7) is 1.66. The van der Waals surface area contributed by atoms with Gasteiger partial charge in [-0.05, 0) is 19.1 Å². The Kier molecular flexibility index (Phi) is 5.37. The summed E-state index contributed by atoms with van der Waals surface area (Å²) in [7, 11) is -2.42. The Balaban J connectivity index is 2.62. The van der Waals surface area contributed by atoms with Crippen molar-refractivity contribution in [2.24, 2.45) is 0 Å². The smallest absolute Gasteiger partial charge is 0.420 e. The van der Waals surface area contributed by atoms with Crippen molar-refractivity contribution < 1.29 is 22.7 Å². The molecule has 9 heteroatoms. The highest BCUT2D eigenvalue weighted by Crippen LogP contribution is 2.19. The van der Waals surface area contributed by atoms with Crippen LogP contribution in [0, 0.1) is 0 Å². The molecule has 0 atom stereocenters. The summed E-state index contributed by atoms with van der Waals surface area (Å²) < 4.78 is 34.3. The Morgan fingerprint density at radius 1 is 1.47 bits per heavy atom. The second kappa shape index (κ2) is 6.78. The van der Waals surface area contributed by atoms with Crippen LogP contribution in [-0.4, -0.2) is 39.1 Å². The molecular weight excluding hydrogens is 274 g/mol. The van der Waals surface area contributed by atoms with Gasteiger partial charge in [-0.3, -0.25) is 0 Å². The van der Waals surface area contributed by atoms with Crippen molar-refractivity contribution in [3.8, 4) is 5.75 Å². The molecule has 19 heavy (non-hydrogen) atoms. The lowest BCUT2D eigenvalue weighted by Gasteiger charge is -2.10. The number of methoxy groups -OCH3 is 1. The van der Waals surface area contributed by atoms with Crippen molar-refractivity contribution in [3.63, 3.8) is 0 Å². The number of anilines is 1.